The number of hydrogen-bond donors (Lipinski definition) is 0. The molecule has 2 rings (SSSR count). The first-order valence-electron chi connectivity index (χ1n) is 8.21. The minimum absolute atomic E-state index is 0.637. The molecule has 0 aromatic carbocycles. The van der Waals surface area contributed by atoms with Crippen molar-refractivity contribution in [3.63, 3.8) is 0 Å². The Labute approximate surface area is 123 Å². The van der Waals surface area contributed by atoms with Gasteiger partial charge in [0.25, 0.3) is 0 Å². The third-order valence-corrected chi connectivity index (χ3v) is 4.43. The van der Waals surface area contributed by atoms with Crippen molar-refractivity contribution in [1.29, 1.82) is 0 Å². The van der Waals surface area contributed by atoms with Crippen molar-refractivity contribution in [1.82, 2.24) is 4.90 Å². The van der Waals surface area contributed by atoms with Gasteiger partial charge in [-0.15, -0.1) is 0 Å². The van der Waals surface area contributed by atoms with Gasteiger partial charge >= 0.3 is 35.5 Å². The van der Waals surface area contributed by atoms with E-state index in [4.69, 9.17) is 0 Å². The van der Waals surface area contributed by atoms with E-state index >= 15 is 0 Å². The van der Waals surface area contributed by atoms with Gasteiger partial charge in [-0.25, -0.2) is 0 Å². The third kappa shape index (κ3) is 6.84. The average Bonchev–Trinajstić information content (AvgIpc) is 2.86. The van der Waals surface area contributed by atoms with Crippen molar-refractivity contribution in [2.75, 3.05) is 19.6 Å². The molecule has 0 aromatic rings. The molecule has 1 saturated carbocycles. The van der Waals surface area contributed by atoms with Gasteiger partial charge in [-0.2, -0.15) is 0 Å². The summed E-state index contributed by atoms with van der Waals surface area (Å²) >= 11 is -0.637. The number of likely N-dealkylation sites (tertiary alicyclic amines) is 1. The Morgan fingerprint density at radius 3 is 1.83 bits per heavy atom. The van der Waals surface area contributed by atoms with Gasteiger partial charge in [0.15, 0.2) is 0 Å². The van der Waals surface area contributed by atoms with Gasteiger partial charge in [0.05, 0.1) is 0 Å². The van der Waals surface area contributed by atoms with E-state index in [1.807, 2.05) is 0 Å². The van der Waals surface area contributed by atoms with Gasteiger partial charge in [0.1, 0.15) is 0 Å². The first-order chi connectivity index (χ1) is 8.49. The second-order valence-electron chi connectivity index (χ2n) is 7.36. The zero-order chi connectivity index (χ0) is 13.5. The van der Waals surface area contributed by atoms with Crippen LogP contribution in [0.4, 0.5) is 0 Å². The van der Waals surface area contributed by atoms with Gasteiger partial charge in [-0.05, 0) is 69.5 Å². The maximum absolute atomic E-state index is 2.66. The van der Waals surface area contributed by atoms with Crippen LogP contribution in [0, 0.1) is 17.8 Å². The van der Waals surface area contributed by atoms with Crippen LogP contribution < -0.4 is 0 Å². The third-order valence-electron chi connectivity index (χ3n) is 4.43. The molecule has 18 heavy (non-hydrogen) atoms. The fourth-order valence-electron chi connectivity index (χ4n) is 3.22. The molecule has 1 saturated heterocycles. The fourth-order valence-corrected chi connectivity index (χ4v) is 3.22. The molecule has 0 amide bonds. The van der Waals surface area contributed by atoms with Crippen LogP contribution in [-0.2, 0) is 0 Å². The first kappa shape index (κ1) is 16.9. The topological polar surface area (TPSA) is 3.24 Å². The molecular formula is C16H34InN. The van der Waals surface area contributed by atoms with Gasteiger partial charge < -0.3 is 4.90 Å². The quantitative estimate of drug-likeness (QED) is 0.719. The molecule has 1 nitrogen and oxygen atoms in total. The van der Waals surface area contributed by atoms with E-state index in [0.717, 1.165) is 17.8 Å². The summed E-state index contributed by atoms with van der Waals surface area (Å²) in [6.07, 6.45) is 7.34. The monoisotopic (exact) mass is 355 g/mol. The molecule has 0 radical (unpaired) electrons. The van der Waals surface area contributed by atoms with Crippen LogP contribution in [0.2, 0.25) is 14.0 Å². The molecule has 1 aliphatic carbocycles. The minimum atomic E-state index is -0.637. The van der Waals surface area contributed by atoms with Crippen molar-refractivity contribution in [3.8, 4) is 0 Å². The Bertz CT molecular complexity index is 198. The maximum atomic E-state index is 2.66. The summed E-state index contributed by atoms with van der Waals surface area (Å²) in [6, 6.07) is 0. The molecule has 2 atom stereocenters. The molecule has 0 spiro atoms. The van der Waals surface area contributed by atoms with Crippen LogP contribution in [0.25, 0.3) is 0 Å². The zero-order valence-corrected chi connectivity index (χ0v) is 16.7. The normalized spacial score (nSPS) is 32.2. The molecule has 2 fully saturated rings. The fraction of sp³-hybridized carbons (Fsp3) is 1.00. The van der Waals surface area contributed by atoms with E-state index in [0.29, 0.717) is 0 Å². The van der Waals surface area contributed by atoms with Gasteiger partial charge in [0.2, 0.25) is 0 Å². The molecule has 0 N–H and O–H groups in total. The van der Waals surface area contributed by atoms with Crippen LogP contribution in [0.1, 0.15) is 46.0 Å². The van der Waals surface area contributed by atoms with E-state index in [1.165, 1.54) is 51.7 Å². The Balaban J connectivity index is 0.000000357. The standard InChI is InChI=1S/C13H25N.3CH3.In/c1-11-9-13(10-12(11)2)5-8-14-6-3-4-7-14;;;;/h11-13H,3-10H2,1-2H3;3*1H3;. The van der Waals surface area contributed by atoms with Crippen LogP contribution in [-0.4, -0.2) is 46.0 Å². The van der Waals surface area contributed by atoms with Crippen molar-refractivity contribution in [3.05, 3.63) is 0 Å². The van der Waals surface area contributed by atoms with Crippen LogP contribution in [0.3, 0.4) is 0 Å². The Morgan fingerprint density at radius 1 is 0.944 bits per heavy atom. The van der Waals surface area contributed by atoms with E-state index in [9.17, 15) is 0 Å². The van der Waals surface area contributed by atoms with Gasteiger partial charge in [-0.3, -0.25) is 0 Å². The Hall–Kier alpha value is 0.830. The Morgan fingerprint density at radius 2 is 1.39 bits per heavy atom. The summed E-state index contributed by atoms with van der Waals surface area (Å²) in [5.74, 6) is 3.01. The molecular weight excluding hydrogens is 321 g/mol. The summed E-state index contributed by atoms with van der Waals surface area (Å²) in [7, 11) is 0. The van der Waals surface area contributed by atoms with E-state index in [-0.39, 0.29) is 0 Å². The van der Waals surface area contributed by atoms with E-state index < -0.39 is 21.4 Å². The van der Waals surface area contributed by atoms with E-state index in [1.54, 1.807) is 0 Å². The summed E-state index contributed by atoms with van der Waals surface area (Å²) in [5, 5.41) is 0. The number of rotatable bonds is 3. The molecule has 2 heteroatoms. The summed E-state index contributed by atoms with van der Waals surface area (Å²) in [4.78, 5) is 2.66. The van der Waals surface area contributed by atoms with Gasteiger partial charge in [-0.1, -0.05) is 13.8 Å². The van der Waals surface area contributed by atoms with Crippen molar-refractivity contribution >= 4 is 21.4 Å². The SMILES string of the molecule is CC1CC(CCN2CCCC2)CC1C.[CH3][In]([CH3])[CH3]. The van der Waals surface area contributed by atoms with Crippen molar-refractivity contribution < 1.29 is 0 Å². The zero-order valence-electron chi connectivity index (χ0n) is 13.4. The molecule has 106 valence electrons. The predicted molar refractivity (Wildman–Crippen MR) is 84.7 cm³/mol. The predicted octanol–water partition coefficient (Wildman–Crippen LogP) is 4.53. The molecule has 1 aliphatic heterocycles. The van der Waals surface area contributed by atoms with Gasteiger partial charge in [0, 0.05) is 0 Å². The van der Waals surface area contributed by atoms with Crippen LogP contribution in [0.15, 0.2) is 0 Å². The van der Waals surface area contributed by atoms with Crippen molar-refractivity contribution in [2.24, 2.45) is 17.8 Å². The second kappa shape index (κ2) is 8.89. The van der Waals surface area contributed by atoms with E-state index in [2.05, 4.69) is 32.8 Å². The molecule has 1 heterocycles. The molecule has 0 bridgehead atoms. The summed E-state index contributed by atoms with van der Waals surface area (Å²) < 4.78 is 7.13. The first-order valence-corrected chi connectivity index (χ1v) is 18.1. The summed E-state index contributed by atoms with van der Waals surface area (Å²) in [6.45, 7) is 8.99. The average molecular weight is 355 g/mol. The van der Waals surface area contributed by atoms with Crippen LogP contribution in [0.5, 0.6) is 0 Å². The number of hydrogen-bond acceptors (Lipinski definition) is 1. The van der Waals surface area contributed by atoms with Crippen molar-refractivity contribution in [2.45, 2.75) is 60.0 Å². The summed E-state index contributed by atoms with van der Waals surface area (Å²) in [5.41, 5.74) is 0. The second-order valence-corrected chi connectivity index (χ2v) is 17.2. The number of nitrogens with zero attached hydrogens (tertiary/aromatic N) is 1. The molecule has 2 unspecified atom stereocenters. The molecule has 0 aromatic heterocycles. The Kier molecular flexibility index (Phi) is 8.34. The van der Waals surface area contributed by atoms with Crippen LogP contribution >= 0.6 is 0 Å². The molecule has 2 aliphatic rings.